The van der Waals surface area contributed by atoms with E-state index in [1.54, 1.807) is 17.9 Å². The minimum atomic E-state index is -0.483. The van der Waals surface area contributed by atoms with Gasteiger partial charge in [-0.1, -0.05) is 35.9 Å². The Balaban J connectivity index is 1.62. The molecule has 5 nitrogen and oxygen atoms in total. The molecule has 160 valence electrons. The summed E-state index contributed by atoms with van der Waals surface area (Å²) in [5.41, 5.74) is 2.05. The fourth-order valence-corrected chi connectivity index (χ4v) is 4.30. The van der Waals surface area contributed by atoms with Crippen molar-refractivity contribution in [3.05, 3.63) is 94.5 Å². The van der Waals surface area contributed by atoms with Crippen LogP contribution in [0.4, 0.5) is 4.39 Å². The highest BCUT2D eigenvalue weighted by Crippen LogP contribution is 2.36. The lowest BCUT2D eigenvalue weighted by atomic mass is 9.99. The van der Waals surface area contributed by atoms with Gasteiger partial charge in [0.05, 0.1) is 6.04 Å². The zero-order valence-corrected chi connectivity index (χ0v) is 17.9. The van der Waals surface area contributed by atoms with Crippen LogP contribution < -0.4 is 0 Å². The normalized spacial score (nSPS) is 15.5. The van der Waals surface area contributed by atoms with Crippen LogP contribution in [0.5, 0.6) is 0 Å². The summed E-state index contributed by atoms with van der Waals surface area (Å²) in [4.78, 5) is 29.5. The Kier molecular flexibility index (Phi) is 6.09. The van der Waals surface area contributed by atoms with Gasteiger partial charge in [-0.15, -0.1) is 0 Å². The van der Waals surface area contributed by atoms with E-state index in [9.17, 15) is 14.0 Å². The van der Waals surface area contributed by atoms with Crippen LogP contribution in [0, 0.1) is 5.82 Å². The number of nitrogens with zero attached hydrogens (tertiary/aromatic N) is 3. The van der Waals surface area contributed by atoms with Crippen molar-refractivity contribution >= 4 is 23.4 Å². The first kappa shape index (κ1) is 21.1. The zero-order chi connectivity index (χ0) is 22.0. The van der Waals surface area contributed by atoms with E-state index in [-0.39, 0.29) is 30.0 Å². The van der Waals surface area contributed by atoms with E-state index in [4.69, 9.17) is 11.6 Å². The smallest absolute Gasteiger partial charge is 0.254 e. The molecule has 0 bridgehead atoms. The molecule has 1 aliphatic rings. The van der Waals surface area contributed by atoms with Crippen molar-refractivity contribution in [2.75, 3.05) is 19.6 Å². The molecule has 1 unspecified atom stereocenters. The summed E-state index contributed by atoms with van der Waals surface area (Å²) >= 11 is 6.49. The molecule has 2 amide bonds. The molecule has 31 heavy (non-hydrogen) atoms. The fourth-order valence-electron chi connectivity index (χ4n) is 4.06. The van der Waals surface area contributed by atoms with E-state index in [2.05, 4.69) is 4.57 Å². The van der Waals surface area contributed by atoms with Crippen LogP contribution in [-0.2, 0) is 11.3 Å². The van der Waals surface area contributed by atoms with Gasteiger partial charge in [-0.3, -0.25) is 9.59 Å². The second kappa shape index (κ2) is 8.94. The molecule has 1 atom stereocenters. The number of aromatic nitrogens is 1. The number of halogens is 2. The van der Waals surface area contributed by atoms with Crippen LogP contribution in [0.1, 0.15) is 34.6 Å². The maximum absolute atomic E-state index is 13.6. The molecule has 2 heterocycles. The second-order valence-corrected chi connectivity index (χ2v) is 7.87. The van der Waals surface area contributed by atoms with E-state index in [1.807, 2.05) is 42.6 Å². The summed E-state index contributed by atoms with van der Waals surface area (Å²) in [5.74, 6) is -1.03. The molecule has 1 aliphatic heterocycles. The summed E-state index contributed by atoms with van der Waals surface area (Å²) in [6.45, 7) is 3.22. The maximum atomic E-state index is 13.6. The minimum Gasteiger partial charge on any atom is -0.348 e. The molecular weight excluding hydrogens is 417 g/mol. The van der Waals surface area contributed by atoms with Gasteiger partial charge in [0.15, 0.2) is 0 Å². The highest BCUT2D eigenvalue weighted by molar-refractivity contribution is 6.31. The average Bonchev–Trinajstić information content (AvgIpc) is 3.25. The molecule has 0 spiro atoms. The van der Waals surface area contributed by atoms with E-state index >= 15 is 0 Å². The summed E-state index contributed by atoms with van der Waals surface area (Å²) in [5, 5.41) is 0.586. The predicted molar refractivity (Wildman–Crippen MR) is 117 cm³/mol. The van der Waals surface area contributed by atoms with Crippen molar-refractivity contribution in [2.24, 2.45) is 0 Å². The van der Waals surface area contributed by atoms with Crippen LogP contribution in [0.3, 0.4) is 0 Å². The van der Waals surface area contributed by atoms with Crippen molar-refractivity contribution in [3.8, 4) is 0 Å². The molecule has 4 rings (SSSR count). The number of hydrogen-bond donors (Lipinski definition) is 0. The van der Waals surface area contributed by atoms with Crippen LogP contribution in [0.25, 0.3) is 0 Å². The minimum absolute atomic E-state index is 0.0898. The molecule has 7 heteroatoms. The molecule has 0 saturated heterocycles. The lowest BCUT2D eigenvalue weighted by Crippen LogP contribution is -2.48. The summed E-state index contributed by atoms with van der Waals surface area (Å²) in [6.07, 6.45) is 1.99. The summed E-state index contributed by atoms with van der Waals surface area (Å²) in [7, 11) is 0. The summed E-state index contributed by atoms with van der Waals surface area (Å²) < 4.78 is 15.7. The Morgan fingerprint density at radius 2 is 1.90 bits per heavy atom. The largest absolute Gasteiger partial charge is 0.348 e. The third-order valence-corrected chi connectivity index (χ3v) is 5.97. The Bertz CT molecular complexity index is 1110. The number of benzene rings is 2. The number of carbonyl (C=O) groups is 2. The lowest BCUT2D eigenvalue weighted by Gasteiger charge is -2.38. The number of likely N-dealkylation sites (N-methyl/N-ethyl adjacent to an activating group) is 1. The average molecular weight is 440 g/mol. The Labute approximate surface area is 185 Å². The fraction of sp³-hybridized carbons (Fsp3) is 0.250. The number of hydrogen-bond acceptors (Lipinski definition) is 2. The van der Waals surface area contributed by atoms with Crippen LogP contribution in [0.15, 0.2) is 66.9 Å². The molecule has 0 aliphatic carbocycles. The highest BCUT2D eigenvalue weighted by Gasteiger charge is 2.34. The van der Waals surface area contributed by atoms with Crippen molar-refractivity contribution in [1.82, 2.24) is 14.4 Å². The third-order valence-electron chi connectivity index (χ3n) is 5.63. The Hall–Kier alpha value is -3.12. The standard InChI is InChI=1S/C24H23ClFN3O2/c1-2-27(24(31)17-7-5-8-18(26)15-17)16-22(30)29-14-13-28-12-6-11-21(28)23(29)19-9-3-4-10-20(19)25/h3-12,15,23H,2,13-14,16H2,1H3. The van der Waals surface area contributed by atoms with Crippen LogP contribution >= 0.6 is 11.6 Å². The van der Waals surface area contributed by atoms with Gasteiger partial charge in [-0.2, -0.15) is 0 Å². The van der Waals surface area contributed by atoms with Gasteiger partial charge in [-0.05, 0) is 48.9 Å². The second-order valence-electron chi connectivity index (χ2n) is 7.47. The molecule has 0 radical (unpaired) electrons. The van der Waals surface area contributed by atoms with Gasteiger partial charge in [-0.25, -0.2) is 4.39 Å². The molecule has 0 N–H and O–H groups in total. The number of carbonyl (C=O) groups excluding carboxylic acids is 2. The monoisotopic (exact) mass is 439 g/mol. The van der Waals surface area contributed by atoms with Gasteiger partial charge in [0, 0.05) is 42.1 Å². The van der Waals surface area contributed by atoms with Crippen molar-refractivity contribution < 1.29 is 14.0 Å². The number of fused-ring (bicyclic) bond motifs is 1. The Morgan fingerprint density at radius 1 is 1.10 bits per heavy atom. The first-order valence-electron chi connectivity index (χ1n) is 10.2. The van der Waals surface area contributed by atoms with Crippen LogP contribution in [0.2, 0.25) is 5.02 Å². The summed E-state index contributed by atoms with van der Waals surface area (Å²) in [6, 6.07) is 16.6. The zero-order valence-electron chi connectivity index (χ0n) is 17.2. The molecular formula is C24H23ClFN3O2. The van der Waals surface area contributed by atoms with E-state index in [0.717, 1.165) is 11.3 Å². The molecule has 0 fully saturated rings. The van der Waals surface area contributed by atoms with E-state index in [0.29, 0.717) is 24.7 Å². The molecule has 0 saturated carbocycles. The molecule has 2 aromatic carbocycles. The van der Waals surface area contributed by atoms with Gasteiger partial charge >= 0.3 is 0 Å². The van der Waals surface area contributed by atoms with Gasteiger partial charge in [0.1, 0.15) is 12.4 Å². The van der Waals surface area contributed by atoms with Crippen molar-refractivity contribution in [3.63, 3.8) is 0 Å². The van der Waals surface area contributed by atoms with Crippen molar-refractivity contribution in [2.45, 2.75) is 19.5 Å². The van der Waals surface area contributed by atoms with E-state index in [1.165, 1.54) is 23.1 Å². The number of rotatable bonds is 5. The quantitative estimate of drug-likeness (QED) is 0.592. The number of amides is 2. The van der Waals surface area contributed by atoms with Gasteiger partial charge in [0.2, 0.25) is 5.91 Å². The first-order chi connectivity index (χ1) is 15.0. The van der Waals surface area contributed by atoms with Crippen LogP contribution in [-0.4, -0.2) is 45.8 Å². The lowest BCUT2D eigenvalue weighted by molar-refractivity contribution is -0.134. The Morgan fingerprint density at radius 3 is 2.65 bits per heavy atom. The van der Waals surface area contributed by atoms with E-state index < -0.39 is 5.82 Å². The molecule has 3 aromatic rings. The molecule has 1 aromatic heterocycles. The van der Waals surface area contributed by atoms with Crippen molar-refractivity contribution in [1.29, 1.82) is 0 Å². The first-order valence-corrected chi connectivity index (χ1v) is 10.6. The third kappa shape index (κ3) is 4.21. The SMILES string of the molecule is CCN(CC(=O)N1CCn2cccc2C1c1ccccc1Cl)C(=O)c1cccc(F)c1. The van der Waals surface area contributed by atoms with Gasteiger partial charge in [0.25, 0.3) is 5.91 Å². The van der Waals surface area contributed by atoms with Gasteiger partial charge < -0.3 is 14.4 Å². The predicted octanol–water partition coefficient (Wildman–Crippen LogP) is 4.37. The maximum Gasteiger partial charge on any atom is 0.254 e. The topological polar surface area (TPSA) is 45.6 Å². The highest BCUT2D eigenvalue weighted by atomic mass is 35.5.